The van der Waals surface area contributed by atoms with Gasteiger partial charge in [-0.2, -0.15) is 0 Å². The molecule has 0 bridgehead atoms. The van der Waals surface area contributed by atoms with Gasteiger partial charge in [0.15, 0.2) is 8.32 Å². The molecule has 1 aliphatic rings. The lowest BCUT2D eigenvalue weighted by Crippen LogP contribution is -2.54. The molecule has 0 aliphatic heterocycles. The minimum Gasteiger partial charge on any atom is -0.469 e. The van der Waals surface area contributed by atoms with Gasteiger partial charge in [0.1, 0.15) is 0 Å². The second-order valence-electron chi connectivity index (χ2n) is 6.53. The van der Waals surface area contributed by atoms with E-state index in [0.29, 0.717) is 0 Å². The van der Waals surface area contributed by atoms with Crippen LogP contribution in [0.5, 0.6) is 0 Å². The average molecular weight is 258 g/mol. The van der Waals surface area contributed by atoms with Gasteiger partial charge in [0.05, 0.1) is 18.1 Å². The minimum absolute atomic E-state index is 0.155. The molecule has 0 saturated heterocycles. The van der Waals surface area contributed by atoms with E-state index in [1.807, 2.05) is 13.8 Å². The molecule has 17 heavy (non-hydrogen) atoms. The molecule has 4 heteroatoms. The first kappa shape index (κ1) is 14.7. The van der Waals surface area contributed by atoms with Gasteiger partial charge in [-0.05, 0) is 46.3 Å². The van der Waals surface area contributed by atoms with E-state index < -0.39 is 13.7 Å². The number of ether oxygens (including phenoxy) is 1. The summed E-state index contributed by atoms with van der Waals surface area (Å²) < 4.78 is 11.4. The van der Waals surface area contributed by atoms with Crippen LogP contribution in [-0.4, -0.2) is 27.0 Å². The van der Waals surface area contributed by atoms with Crippen molar-refractivity contribution in [2.24, 2.45) is 5.41 Å². The second kappa shape index (κ2) is 4.73. The highest BCUT2D eigenvalue weighted by Crippen LogP contribution is 2.48. The zero-order chi connectivity index (χ0) is 13.3. The van der Waals surface area contributed by atoms with Crippen molar-refractivity contribution < 1.29 is 14.0 Å². The molecule has 1 rings (SSSR count). The van der Waals surface area contributed by atoms with Gasteiger partial charge in [-0.1, -0.05) is 12.8 Å². The fraction of sp³-hybridized carbons (Fsp3) is 0.923. The highest BCUT2D eigenvalue weighted by Gasteiger charge is 2.54. The third kappa shape index (κ3) is 2.91. The van der Waals surface area contributed by atoms with Crippen molar-refractivity contribution >= 4 is 14.3 Å². The van der Waals surface area contributed by atoms with Gasteiger partial charge in [0.2, 0.25) is 0 Å². The maximum atomic E-state index is 12.0. The van der Waals surface area contributed by atoms with Crippen molar-refractivity contribution in [3.63, 3.8) is 0 Å². The molecule has 1 aliphatic carbocycles. The molecule has 0 amide bonds. The number of carbonyl (C=O) groups is 1. The standard InChI is InChI=1S/C13H26O3Si/c1-12(2,11(14)15-3)13(9-7-8-10-13)16-17(4,5)6/h7-10H2,1-6H3. The lowest BCUT2D eigenvalue weighted by molar-refractivity contribution is -0.165. The summed E-state index contributed by atoms with van der Waals surface area (Å²) >= 11 is 0. The second-order valence-corrected chi connectivity index (χ2v) is 11.0. The summed E-state index contributed by atoms with van der Waals surface area (Å²) in [6, 6.07) is 0. The van der Waals surface area contributed by atoms with Gasteiger partial charge in [0, 0.05) is 0 Å². The Morgan fingerprint density at radius 2 is 1.65 bits per heavy atom. The van der Waals surface area contributed by atoms with Crippen molar-refractivity contribution in [3.05, 3.63) is 0 Å². The quantitative estimate of drug-likeness (QED) is 0.573. The summed E-state index contributed by atoms with van der Waals surface area (Å²) in [5, 5.41) is 0. The van der Waals surface area contributed by atoms with Gasteiger partial charge in [-0.3, -0.25) is 4.79 Å². The number of carbonyl (C=O) groups excluding carboxylic acids is 1. The topological polar surface area (TPSA) is 35.5 Å². The van der Waals surface area contributed by atoms with E-state index in [0.717, 1.165) is 25.7 Å². The van der Waals surface area contributed by atoms with E-state index in [9.17, 15) is 4.79 Å². The number of hydrogen-bond donors (Lipinski definition) is 0. The number of methoxy groups -OCH3 is 1. The van der Waals surface area contributed by atoms with Crippen molar-refractivity contribution in [2.75, 3.05) is 7.11 Å². The number of hydrogen-bond acceptors (Lipinski definition) is 3. The van der Waals surface area contributed by atoms with Crippen molar-refractivity contribution in [2.45, 2.75) is 64.8 Å². The minimum atomic E-state index is -1.67. The molecular weight excluding hydrogens is 232 g/mol. The van der Waals surface area contributed by atoms with E-state index in [1.54, 1.807) is 0 Å². The van der Waals surface area contributed by atoms with Crippen molar-refractivity contribution in [1.29, 1.82) is 0 Å². The van der Waals surface area contributed by atoms with Crippen LogP contribution < -0.4 is 0 Å². The Hall–Kier alpha value is -0.353. The zero-order valence-electron chi connectivity index (χ0n) is 12.1. The Bertz CT molecular complexity index is 286. The zero-order valence-corrected chi connectivity index (χ0v) is 13.1. The first-order valence-corrected chi connectivity index (χ1v) is 9.84. The third-order valence-corrected chi connectivity index (χ3v) is 4.75. The van der Waals surface area contributed by atoms with Gasteiger partial charge in [0.25, 0.3) is 0 Å². The van der Waals surface area contributed by atoms with Crippen LogP contribution in [0, 0.1) is 5.41 Å². The van der Waals surface area contributed by atoms with Crippen LogP contribution in [0.2, 0.25) is 19.6 Å². The maximum absolute atomic E-state index is 12.0. The molecule has 0 unspecified atom stereocenters. The van der Waals surface area contributed by atoms with Gasteiger partial charge in [-0.15, -0.1) is 0 Å². The Morgan fingerprint density at radius 3 is 2.00 bits per heavy atom. The molecule has 0 N–H and O–H groups in total. The van der Waals surface area contributed by atoms with Gasteiger partial charge in [-0.25, -0.2) is 0 Å². The lowest BCUT2D eigenvalue weighted by Gasteiger charge is -2.45. The Labute approximate surface area is 106 Å². The molecule has 0 radical (unpaired) electrons. The summed E-state index contributed by atoms with van der Waals surface area (Å²) in [6.07, 6.45) is 4.23. The van der Waals surface area contributed by atoms with Crippen LogP contribution in [0.3, 0.4) is 0 Å². The van der Waals surface area contributed by atoms with E-state index in [-0.39, 0.29) is 11.6 Å². The van der Waals surface area contributed by atoms with Crippen LogP contribution in [-0.2, 0) is 14.0 Å². The molecule has 0 aromatic rings. The number of rotatable bonds is 4. The lowest BCUT2D eigenvalue weighted by atomic mass is 9.73. The van der Waals surface area contributed by atoms with Crippen LogP contribution in [0.25, 0.3) is 0 Å². The summed E-state index contributed by atoms with van der Waals surface area (Å²) in [5.74, 6) is -0.155. The van der Waals surface area contributed by atoms with Crippen LogP contribution in [0.15, 0.2) is 0 Å². The summed E-state index contributed by atoms with van der Waals surface area (Å²) in [4.78, 5) is 12.0. The largest absolute Gasteiger partial charge is 0.469 e. The Kier molecular flexibility index (Phi) is 4.09. The van der Waals surface area contributed by atoms with Crippen molar-refractivity contribution in [3.8, 4) is 0 Å². The summed E-state index contributed by atoms with van der Waals surface area (Å²) in [5.41, 5.74) is -0.872. The Balaban J connectivity index is 3.03. The SMILES string of the molecule is COC(=O)C(C)(C)C1(O[Si](C)(C)C)CCCC1. The van der Waals surface area contributed by atoms with Crippen LogP contribution in [0.4, 0.5) is 0 Å². The first-order chi connectivity index (χ1) is 7.65. The molecule has 1 saturated carbocycles. The maximum Gasteiger partial charge on any atom is 0.314 e. The van der Waals surface area contributed by atoms with Crippen molar-refractivity contribution in [1.82, 2.24) is 0 Å². The van der Waals surface area contributed by atoms with Gasteiger partial charge >= 0.3 is 5.97 Å². The molecular formula is C13H26O3Si. The third-order valence-electron chi connectivity index (χ3n) is 3.75. The van der Waals surface area contributed by atoms with E-state index in [2.05, 4.69) is 19.6 Å². The van der Waals surface area contributed by atoms with Crippen LogP contribution >= 0.6 is 0 Å². The fourth-order valence-electron chi connectivity index (χ4n) is 2.83. The molecule has 0 aromatic carbocycles. The molecule has 0 aromatic heterocycles. The first-order valence-electron chi connectivity index (χ1n) is 6.43. The summed E-state index contributed by atoms with van der Waals surface area (Å²) in [7, 11) is -0.211. The highest BCUT2D eigenvalue weighted by atomic mass is 28.4. The Morgan fingerprint density at radius 1 is 1.18 bits per heavy atom. The van der Waals surface area contributed by atoms with Crippen LogP contribution in [0.1, 0.15) is 39.5 Å². The normalized spacial score (nSPS) is 20.4. The van der Waals surface area contributed by atoms with E-state index in [4.69, 9.17) is 9.16 Å². The molecule has 0 heterocycles. The summed E-state index contributed by atoms with van der Waals surface area (Å²) in [6.45, 7) is 10.5. The fourth-order valence-corrected chi connectivity index (χ4v) is 4.46. The molecule has 1 fully saturated rings. The predicted octanol–water partition coefficient (Wildman–Crippen LogP) is 3.35. The van der Waals surface area contributed by atoms with E-state index >= 15 is 0 Å². The highest BCUT2D eigenvalue weighted by molar-refractivity contribution is 6.69. The average Bonchev–Trinajstić information content (AvgIpc) is 2.63. The number of esters is 1. The molecule has 3 nitrogen and oxygen atoms in total. The molecule has 100 valence electrons. The smallest absolute Gasteiger partial charge is 0.314 e. The predicted molar refractivity (Wildman–Crippen MR) is 71.4 cm³/mol. The monoisotopic (exact) mass is 258 g/mol. The van der Waals surface area contributed by atoms with Gasteiger partial charge < -0.3 is 9.16 Å². The molecule has 0 spiro atoms. The van der Waals surface area contributed by atoms with E-state index in [1.165, 1.54) is 7.11 Å². The molecule has 0 atom stereocenters.